The van der Waals surface area contributed by atoms with Crippen molar-refractivity contribution in [2.45, 2.75) is 51.8 Å². The van der Waals surface area contributed by atoms with Gasteiger partial charge in [0.2, 0.25) is 0 Å². The molecule has 2 saturated heterocycles. The molecule has 0 spiro atoms. The number of ether oxygens (including phenoxy) is 2. The van der Waals surface area contributed by atoms with Crippen molar-refractivity contribution in [2.75, 3.05) is 45.3 Å². The summed E-state index contributed by atoms with van der Waals surface area (Å²) in [5, 5.41) is 13.8. The largest absolute Gasteiger partial charge is 0.383 e. The molecule has 39 heavy (non-hydrogen) atoms. The lowest BCUT2D eigenvalue weighted by Crippen LogP contribution is -2.39. The van der Waals surface area contributed by atoms with Gasteiger partial charge in [0.25, 0.3) is 5.91 Å². The number of methoxy groups -OCH3 is 1. The number of rotatable bonds is 9. The number of hydroxylamine groups is 2. The molecule has 2 N–H and O–H groups in total. The summed E-state index contributed by atoms with van der Waals surface area (Å²) in [5.74, 6) is 0.761. The zero-order valence-electron chi connectivity index (χ0n) is 23.1. The van der Waals surface area contributed by atoms with Crippen molar-refractivity contribution in [1.82, 2.24) is 25.1 Å². The van der Waals surface area contributed by atoms with Gasteiger partial charge in [0.05, 0.1) is 30.1 Å². The van der Waals surface area contributed by atoms with Crippen LogP contribution in [0.2, 0.25) is 0 Å². The number of nitrogens with zero attached hydrogens (tertiary/aromatic N) is 4. The third-order valence-electron chi connectivity index (χ3n) is 7.40. The quantitative estimate of drug-likeness (QED) is 0.430. The zero-order chi connectivity index (χ0) is 27.4. The smallest absolute Gasteiger partial charge is 0.270 e. The molecule has 0 radical (unpaired) electrons. The topological polar surface area (TPSA) is 103 Å². The van der Waals surface area contributed by atoms with Gasteiger partial charge in [0.15, 0.2) is 0 Å². The Labute approximate surface area is 229 Å². The van der Waals surface area contributed by atoms with Gasteiger partial charge in [-0.1, -0.05) is 18.2 Å². The molecule has 1 aromatic carbocycles. The maximum atomic E-state index is 12.9. The van der Waals surface area contributed by atoms with E-state index >= 15 is 0 Å². The van der Waals surface area contributed by atoms with E-state index in [0.29, 0.717) is 32.1 Å². The lowest BCUT2D eigenvalue weighted by atomic mass is 10.1. The molecule has 208 valence electrons. The minimum absolute atomic E-state index is 0.0127. The van der Waals surface area contributed by atoms with Crippen LogP contribution in [0.3, 0.4) is 0 Å². The van der Waals surface area contributed by atoms with Crippen molar-refractivity contribution < 1.29 is 19.1 Å². The molecule has 2 atom stereocenters. The summed E-state index contributed by atoms with van der Waals surface area (Å²) in [6, 6.07) is 12.3. The minimum Gasteiger partial charge on any atom is -0.383 e. The molecule has 0 unspecified atom stereocenters. The fraction of sp³-hybridized carbons (Fsp3) is 0.483. The average Bonchev–Trinajstić information content (AvgIpc) is 3.47. The predicted octanol–water partition coefficient (Wildman–Crippen LogP) is 3.52. The Balaban J connectivity index is 1.42. The molecular weight excluding hydrogens is 496 g/mol. The van der Waals surface area contributed by atoms with Crippen LogP contribution in [-0.4, -0.2) is 83.9 Å². The number of para-hydroxylation sites is 1. The molecule has 2 aliphatic heterocycles. The molecule has 4 heterocycles. The number of benzene rings is 1. The Morgan fingerprint density at radius 3 is 2.67 bits per heavy atom. The number of aryl methyl sites for hydroxylation is 1. The Kier molecular flexibility index (Phi) is 8.56. The van der Waals surface area contributed by atoms with Crippen LogP contribution in [0.15, 0.2) is 42.6 Å². The molecule has 1 amide bonds. The maximum Gasteiger partial charge on any atom is 0.270 e. The van der Waals surface area contributed by atoms with Crippen LogP contribution in [0.4, 0.5) is 5.82 Å². The summed E-state index contributed by atoms with van der Waals surface area (Å²) in [4.78, 5) is 23.6. The highest BCUT2D eigenvalue weighted by Crippen LogP contribution is 2.32. The Morgan fingerprint density at radius 2 is 1.95 bits per heavy atom. The minimum atomic E-state index is -0.145. The second-order valence-corrected chi connectivity index (χ2v) is 10.3. The van der Waals surface area contributed by atoms with E-state index in [-0.39, 0.29) is 24.1 Å². The molecule has 2 fully saturated rings. The van der Waals surface area contributed by atoms with Gasteiger partial charge in [-0.15, -0.1) is 0 Å². The SMILES string of the molecule is COCCN1C[C@@H](Nc2c(C)c(-c3cnc(C(=O)NC4CCOCC4)c(C)c3)nn2-c2ccccc2)[C@H](C)O1. The predicted molar refractivity (Wildman–Crippen MR) is 149 cm³/mol. The number of aromatic nitrogens is 3. The second kappa shape index (κ2) is 12.3. The van der Waals surface area contributed by atoms with Gasteiger partial charge >= 0.3 is 0 Å². The number of amides is 1. The summed E-state index contributed by atoms with van der Waals surface area (Å²) in [6.45, 7) is 9.46. The van der Waals surface area contributed by atoms with Crippen LogP contribution in [-0.2, 0) is 14.3 Å². The third-order valence-corrected chi connectivity index (χ3v) is 7.40. The monoisotopic (exact) mass is 534 g/mol. The standard InChI is InChI=1S/C29H38N6O4/c1-19-16-22(17-30-26(19)29(36)31-23-10-13-38-14-11-23)27-20(2)28(35(33-27)24-8-6-5-7-9-24)32-25-18-34(12-15-37-4)39-21(25)3/h5-9,16-17,21,23,25,32H,10-15,18H2,1-4H3,(H,31,36)/t21-,25+/m0/s1. The highest BCUT2D eigenvalue weighted by molar-refractivity contribution is 5.94. The van der Waals surface area contributed by atoms with Gasteiger partial charge in [-0.05, 0) is 57.4 Å². The molecule has 10 heteroatoms. The van der Waals surface area contributed by atoms with E-state index in [2.05, 4.69) is 29.5 Å². The maximum absolute atomic E-state index is 12.9. The van der Waals surface area contributed by atoms with Gasteiger partial charge in [-0.25, -0.2) is 4.68 Å². The Bertz CT molecular complexity index is 1270. The van der Waals surface area contributed by atoms with E-state index in [1.165, 1.54) is 0 Å². The molecule has 3 aromatic rings. The number of hydrogen-bond acceptors (Lipinski definition) is 8. The first-order valence-electron chi connectivity index (χ1n) is 13.6. The van der Waals surface area contributed by atoms with E-state index in [9.17, 15) is 4.79 Å². The normalized spacial score (nSPS) is 20.3. The van der Waals surface area contributed by atoms with Gasteiger partial charge in [-0.2, -0.15) is 10.2 Å². The van der Waals surface area contributed by atoms with Crippen LogP contribution in [0, 0.1) is 13.8 Å². The Hall–Kier alpha value is -3.31. The van der Waals surface area contributed by atoms with Gasteiger partial charge in [-0.3, -0.25) is 14.6 Å². The number of nitrogens with one attached hydrogen (secondary N) is 2. The number of carbonyl (C=O) groups excluding carboxylic acids is 1. The zero-order valence-corrected chi connectivity index (χ0v) is 23.1. The van der Waals surface area contributed by atoms with Crippen LogP contribution in [0.5, 0.6) is 0 Å². The molecule has 10 nitrogen and oxygen atoms in total. The second-order valence-electron chi connectivity index (χ2n) is 10.3. The van der Waals surface area contributed by atoms with Gasteiger partial charge < -0.3 is 20.1 Å². The van der Waals surface area contributed by atoms with Crippen LogP contribution in [0.25, 0.3) is 16.9 Å². The fourth-order valence-corrected chi connectivity index (χ4v) is 5.13. The summed E-state index contributed by atoms with van der Waals surface area (Å²) in [6.07, 6.45) is 3.38. The summed E-state index contributed by atoms with van der Waals surface area (Å²) < 4.78 is 12.6. The number of carbonyl (C=O) groups is 1. The number of anilines is 1. The van der Waals surface area contributed by atoms with Crippen molar-refractivity contribution >= 4 is 11.7 Å². The van der Waals surface area contributed by atoms with E-state index in [1.54, 1.807) is 13.3 Å². The van der Waals surface area contributed by atoms with Crippen LogP contribution < -0.4 is 10.6 Å². The van der Waals surface area contributed by atoms with Crippen molar-refractivity contribution in [3.05, 3.63) is 59.4 Å². The first-order valence-corrected chi connectivity index (χ1v) is 13.6. The van der Waals surface area contributed by atoms with Gasteiger partial charge in [0, 0.05) is 56.8 Å². The lowest BCUT2D eigenvalue weighted by molar-refractivity contribution is -0.146. The van der Waals surface area contributed by atoms with Crippen molar-refractivity contribution in [3.8, 4) is 16.9 Å². The molecule has 0 saturated carbocycles. The van der Waals surface area contributed by atoms with E-state index in [1.807, 2.05) is 53.1 Å². The highest BCUT2D eigenvalue weighted by Gasteiger charge is 2.32. The first-order chi connectivity index (χ1) is 18.9. The molecular formula is C29H38N6O4. The number of pyridine rings is 1. The molecule has 2 aromatic heterocycles. The van der Waals surface area contributed by atoms with E-state index in [0.717, 1.165) is 53.3 Å². The molecule has 5 rings (SSSR count). The molecule has 0 aliphatic carbocycles. The van der Waals surface area contributed by atoms with E-state index in [4.69, 9.17) is 19.4 Å². The van der Waals surface area contributed by atoms with Crippen molar-refractivity contribution in [2.24, 2.45) is 0 Å². The van der Waals surface area contributed by atoms with Crippen molar-refractivity contribution in [1.29, 1.82) is 0 Å². The van der Waals surface area contributed by atoms with Crippen LogP contribution in [0.1, 0.15) is 41.4 Å². The molecule has 0 bridgehead atoms. The van der Waals surface area contributed by atoms with Crippen LogP contribution >= 0.6 is 0 Å². The summed E-state index contributed by atoms with van der Waals surface area (Å²) >= 11 is 0. The summed E-state index contributed by atoms with van der Waals surface area (Å²) in [5.41, 5.74) is 4.89. The fourth-order valence-electron chi connectivity index (χ4n) is 5.13. The van der Waals surface area contributed by atoms with Crippen molar-refractivity contribution in [3.63, 3.8) is 0 Å². The number of hydrogen-bond donors (Lipinski definition) is 2. The van der Waals surface area contributed by atoms with Gasteiger partial charge in [0.1, 0.15) is 11.5 Å². The lowest BCUT2D eigenvalue weighted by Gasteiger charge is -2.23. The summed E-state index contributed by atoms with van der Waals surface area (Å²) in [7, 11) is 1.69. The first kappa shape index (κ1) is 27.3. The Morgan fingerprint density at radius 1 is 1.18 bits per heavy atom. The van der Waals surface area contributed by atoms with E-state index < -0.39 is 0 Å². The average molecular weight is 535 g/mol. The molecule has 2 aliphatic rings. The highest BCUT2D eigenvalue weighted by atomic mass is 16.7. The third kappa shape index (κ3) is 6.14.